The molecule has 29 heavy (non-hydrogen) atoms. The number of pyridine rings is 1. The molecule has 0 spiro atoms. The van der Waals surface area contributed by atoms with Gasteiger partial charge in [-0.2, -0.15) is 0 Å². The molecule has 0 fully saturated rings. The average Bonchev–Trinajstić information content (AvgIpc) is 2.93. The number of nitrogens with one attached hydrogen (secondary N) is 2. The van der Waals surface area contributed by atoms with E-state index in [2.05, 4.69) is 10.3 Å². The highest BCUT2D eigenvalue weighted by atomic mass is 16.2. The van der Waals surface area contributed by atoms with E-state index in [-0.39, 0.29) is 29.5 Å². The number of fused-ring (bicyclic) bond motifs is 1. The molecule has 0 bridgehead atoms. The first kappa shape index (κ1) is 18.7. The maximum atomic E-state index is 13.4. The van der Waals surface area contributed by atoms with Crippen LogP contribution < -0.4 is 15.8 Å². The third kappa shape index (κ3) is 3.33. The van der Waals surface area contributed by atoms with Crippen LogP contribution in [-0.4, -0.2) is 23.8 Å². The molecule has 2 aromatic carbocycles. The zero-order valence-corrected chi connectivity index (χ0v) is 16.0. The van der Waals surface area contributed by atoms with Gasteiger partial charge in [0.05, 0.1) is 5.41 Å². The van der Waals surface area contributed by atoms with Crippen molar-refractivity contribution in [3.63, 3.8) is 0 Å². The van der Waals surface area contributed by atoms with Gasteiger partial charge in [-0.3, -0.25) is 14.4 Å². The summed E-state index contributed by atoms with van der Waals surface area (Å²) in [4.78, 5) is 42.4. The molecule has 1 aromatic heterocycles. The summed E-state index contributed by atoms with van der Waals surface area (Å²) in [6.45, 7) is 0. The SMILES string of the molecule is CN1C(=O)C(CC(=O)Nc2ccc[nH]c2=O)(Cc2ccccc2)c2ccccc21. The predicted molar refractivity (Wildman–Crippen MR) is 112 cm³/mol. The second kappa shape index (κ2) is 7.39. The van der Waals surface area contributed by atoms with Gasteiger partial charge in [0, 0.05) is 25.4 Å². The fourth-order valence-electron chi connectivity index (χ4n) is 4.05. The average molecular weight is 387 g/mol. The maximum absolute atomic E-state index is 13.4. The minimum atomic E-state index is -1.03. The van der Waals surface area contributed by atoms with Crippen molar-refractivity contribution in [2.75, 3.05) is 17.3 Å². The van der Waals surface area contributed by atoms with E-state index < -0.39 is 5.41 Å². The first-order valence-corrected chi connectivity index (χ1v) is 9.40. The summed E-state index contributed by atoms with van der Waals surface area (Å²) < 4.78 is 0. The number of carbonyl (C=O) groups excluding carboxylic acids is 2. The molecule has 4 rings (SSSR count). The summed E-state index contributed by atoms with van der Waals surface area (Å²) in [5, 5.41) is 2.66. The van der Waals surface area contributed by atoms with Crippen LogP contribution in [0.15, 0.2) is 77.7 Å². The van der Waals surface area contributed by atoms with Crippen molar-refractivity contribution in [1.82, 2.24) is 4.98 Å². The zero-order chi connectivity index (χ0) is 20.4. The largest absolute Gasteiger partial charge is 0.327 e. The summed E-state index contributed by atoms with van der Waals surface area (Å²) in [6.07, 6.45) is 1.84. The Hall–Kier alpha value is -3.67. The molecule has 6 heteroatoms. The topological polar surface area (TPSA) is 82.3 Å². The molecule has 1 aliphatic heterocycles. The quantitative estimate of drug-likeness (QED) is 0.706. The van der Waals surface area contributed by atoms with Gasteiger partial charge in [0.15, 0.2) is 0 Å². The van der Waals surface area contributed by atoms with Crippen LogP contribution in [0.3, 0.4) is 0 Å². The Morgan fingerprint density at radius 2 is 1.72 bits per heavy atom. The van der Waals surface area contributed by atoms with E-state index in [1.54, 1.807) is 18.0 Å². The molecule has 2 heterocycles. The third-order valence-corrected chi connectivity index (χ3v) is 5.40. The number of aromatic nitrogens is 1. The number of H-pyrrole nitrogens is 1. The van der Waals surface area contributed by atoms with Gasteiger partial charge < -0.3 is 15.2 Å². The van der Waals surface area contributed by atoms with Crippen molar-refractivity contribution < 1.29 is 9.59 Å². The minimum absolute atomic E-state index is 0.0591. The van der Waals surface area contributed by atoms with E-state index in [0.717, 1.165) is 16.8 Å². The first-order valence-electron chi connectivity index (χ1n) is 9.40. The molecule has 0 radical (unpaired) electrons. The van der Waals surface area contributed by atoms with Crippen molar-refractivity contribution in [2.24, 2.45) is 0 Å². The van der Waals surface area contributed by atoms with Crippen LogP contribution in [0.25, 0.3) is 0 Å². The van der Waals surface area contributed by atoms with E-state index in [9.17, 15) is 14.4 Å². The molecular formula is C23H21N3O3. The van der Waals surface area contributed by atoms with Crippen LogP contribution in [0.2, 0.25) is 0 Å². The van der Waals surface area contributed by atoms with Gasteiger partial charge in [0.2, 0.25) is 11.8 Å². The first-order chi connectivity index (χ1) is 14.0. The van der Waals surface area contributed by atoms with Gasteiger partial charge in [0.25, 0.3) is 5.56 Å². The molecule has 3 aromatic rings. The predicted octanol–water partition coefficient (Wildman–Crippen LogP) is 2.86. The van der Waals surface area contributed by atoms with Crippen LogP contribution in [0.5, 0.6) is 0 Å². The molecule has 0 aliphatic carbocycles. The number of likely N-dealkylation sites (N-methyl/N-ethyl adjacent to an activating group) is 1. The highest BCUT2D eigenvalue weighted by molar-refractivity contribution is 6.10. The number of hydrogen-bond acceptors (Lipinski definition) is 3. The van der Waals surface area contributed by atoms with Gasteiger partial charge in [-0.25, -0.2) is 0 Å². The van der Waals surface area contributed by atoms with E-state index in [1.807, 2.05) is 54.6 Å². The maximum Gasteiger partial charge on any atom is 0.271 e. The number of amides is 2. The highest BCUT2D eigenvalue weighted by Gasteiger charge is 2.50. The lowest BCUT2D eigenvalue weighted by Gasteiger charge is -2.28. The fraction of sp³-hybridized carbons (Fsp3) is 0.174. The molecule has 0 saturated heterocycles. The summed E-state index contributed by atoms with van der Waals surface area (Å²) in [5.41, 5.74) is 1.36. The lowest BCUT2D eigenvalue weighted by atomic mass is 9.73. The van der Waals surface area contributed by atoms with Gasteiger partial charge >= 0.3 is 0 Å². The number of rotatable bonds is 5. The Morgan fingerprint density at radius 1 is 1.00 bits per heavy atom. The molecule has 1 aliphatic rings. The molecule has 0 saturated carbocycles. The molecular weight excluding hydrogens is 366 g/mol. The number of nitrogens with zero attached hydrogens (tertiary/aromatic N) is 1. The van der Waals surface area contributed by atoms with Crippen LogP contribution in [0.4, 0.5) is 11.4 Å². The van der Waals surface area contributed by atoms with Crippen molar-refractivity contribution in [3.05, 3.63) is 94.4 Å². The number of benzene rings is 2. The van der Waals surface area contributed by atoms with Gasteiger partial charge in [-0.1, -0.05) is 48.5 Å². The number of hydrogen-bond donors (Lipinski definition) is 2. The Kier molecular flexibility index (Phi) is 4.76. The van der Waals surface area contributed by atoms with Gasteiger partial charge in [-0.05, 0) is 35.7 Å². The number of carbonyl (C=O) groups is 2. The fourth-order valence-corrected chi connectivity index (χ4v) is 4.05. The zero-order valence-electron chi connectivity index (χ0n) is 16.0. The van der Waals surface area contributed by atoms with Crippen molar-refractivity contribution >= 4 is 23.2 Å². The molecule has 6 nitrogen and oxygen atoms in total. The molecule has 2 N–H and O–H groups in total. The molecule has 146 valence electrons. The number of anilines is 2. The summed E-state index contributed by atoms with van der Waals surface area (Å²) in [6, 6.07) is 20.4. The van der Waals surface area contributed by atoms with Crippen LogP contribution >= 0.6 is 0 Å². The van der Waals surface area contributed by atoms with Crippen molar-refractivity contribution in [1.29, 1.82) is 0 Å². The minimum Gasteiger partial charge on any atom is -0.327 e. The van der Waals surface area contributed by atoms with E-state index in [0.29, 0.717) is 6.42 Å². The van der Waals surface area contributed by atoms with E-state index in [1.165, 1.54) is 12.3 Å². The van der Waals surface area contributed by atoms with Crippen LogP contribution in [-0.2, 0) is 21.4 Å². The summed E-state index contributed by atoms with van der Waals surface area (Å²) in [7, 11) is 1.73. The third-order valence-electron chi connectivity index (χ3n) is 5.40. The highest BCUT2D eigenvalue weighted by Crippen LogP contribution is 2.45. The van der Waals surface area contributed by atoms with E-state index >= 15 is 0 Å². The smallest absolute Gasteiger partial charge is 0.271 e. The Morgan fingerprint density at radius 3 is 2.48 bits per heavy atom. The van der Waals surface area contributed by atoms with Crippen LogP contribution in [0.1, 0.15) is 17.5 Å². The summed E-state index contributed by atoms with van der Waals surface area (Å²) >= 11 is 0. The van der Waals surface area contributed by atoms with Gasteiger partial charge in [-0.15, -0.1) is 0 Å². The van der Waals surface area contributed by atoms with Crippen molar-refractivity contribution in [3.8, 4) is 0 Å². The van der Waals surface area contributed by atoms with Gasteiger partial charge in [0.1, 0.15) is 5.69 Å². The monoisotopic (exact) mass is 387 g/mol. The van der Waals surface area contributed by atoms with Crippen molar-refractivity contribution in [2.45, 2.75) is 18.3 Å². The Balaban J connectivity index is 1.74. The lowest BCUT2D eigenvalue weighted by Crippen LogP contribution is -2.43. The normalized spacial score (nSPS) is 17.8. The second-order valence-electron chi connectivity index (χ2n) is 7.26. The number of para-hydroxylation sites is 1. The Bertz CT molecular complexity index is 1120. The van der Waals surface area contributed by atoms with E-state index in [4.69, 9.17) is 0 Å². The summed E-state index contributed by atoms with van der Waals surface area (Å²) in [5.74, 6) is -0.504. The Labute approximate surface area is 168 Å². The second-order valence-corrected chi connectivity index (χ2v) is 7.26. The lowest BCUT2D eigenvalue weighted by molar-refractivity contribution is -0.127. The number of aromatic amines is 1. The standard InChI is InChI=1S/C23H21N3O3/c1-26-19-12-6-5-10-17(19)23(22(26)29,14-16-8-3-2-4-9-16)15-20(27)25-18-11-7-13-24-21(18)28/h2-13H,14-15H2,1H3,(H,24,28)(H,25,27). The molecule has 1 atom stereocenters. The molecule has 1 unspecified atom stereocenters. The molecule has 2 amide bonds. The van der Waals surface area contributed by atoms with Crippen LogP contribution in [0, 0.1) is 0 Å².